The maximum Gasteiger partial charge on any atom is 0.0837 e. The van der Waals surface area contributed by atoms with Gasteiger partial charge in [-0.15, -0.1) is 0 Å². The van der Waals surface area contributed by atoms with Crippen LogP contribution < -0.4 is 5.32 Å². The number of nitrogens with zero attached hydrogens (tertiary/aromatic N) is 1. The molecular weight excluding hydrogens is 224 g/mol. The maximum atomic E-state index is 6.14. The lowest BCUT2D eigenvalue weighted by Gasteiger charge is -2.37. The first-order valence-corrected chi connectivity index (χ1v) is 7.01. The monoisotopic (exact) mass is 248 g/mol. The van der Waals surface area contributed by atoms with Gasteiger partial charge in [0, 0.05) is 25.0 Å². The standard InChI is InChI=1S/C15H24N2O/c1-3-18-15(8-4-5-9-15)14(16-2)12-13-6-10-17-11-7-13/h6-7,10-11,14,16H,3-5,8-9,12H2,1-2H3. The van der Waals surface area contributed by atoms with E-state index in [2.05, 4.69) is 29.4 Å². The van der Waals surface area contributed by atoms with Crippen molar-refractivity contribution in [3.05, 3.63) is 30.1 Å². The summed E-state index contributed by atoms with van der Waals surface area (Å²) in [7, 11) is 2.05. The lowest BCUT2D eigenvalue weighted by atomic mass is 9.87. The fourth-order valence-corrected chi connectivity index (χ4v) is 3.16. The number of hydrogen-bond donors (Lipinski definition) is 1. The summed E-state index contributed by atoms with van der Waals surface area (Å²) in [5.41, 5.74) is 1.36. The summed E-state index contributed by atoms with van der Waals surface area (Å²) < 4.78 is 6.14. The Kier molecular flexibility index (Phi) is 4.72. The highest BCUT2D eigenvalue weighted by Gasteiger charge is 2.41. The Morgan fingerprint density at radius 2 is 2.00 bits per heavy atom. The van der Waals surface area contributed by atoms with Crippen molar-refractivity contribution in [1.29, 1.82) is 0 Å². The second-order valence-electron chi connectivity index (χ2n) is 5.11. The van der Waals surface area contributed by atoms with Crippen LogP contribution in [-0.2, 0) is 11.2 Å². The van der Waals surface area contributed by atoms with Gasteiger partial charge < -0.3 is 10.1 Å². The van der Waals surface area contributed by atoms with Crippen molar-refractivity contribution >= 4 is 0 Å². The lowest BCUT2D eigenvalue weighted by Crippen LogP contribution is -2.51. The van der Waals surface area contributed by atoms with Crippen molar-refractivity contribution < 1.29 is 4.74 Å². The van der Waals surface area contributed by atoms with E-state index in [1.165, 1.54) is 31.2 Å². The van der Waals surface area contributed by atoms with E-state index >= 15 is 0 Å². The Labute approximate surface area is 110 Å². The number of hydrogen-bond acceptors (Lipinski definition) is 3. The van der Waals surface area contributed by atoms with Crippen LogP contribution in [0.3, 0.4) is 0 Å². The van der Waals surface area contributed by atoms with Gasteiger partial charge in [0.2, 0.25) is 0 Å². The zero-order valence-corrected chi connectivity index (χ0v) is 11.5. The quantitative estimate of drug-likeness (QED) is 0.840. The van der Waals surface area contributed by atoms with Gasteiger partial charge in [0.05, 0.1) is 5.60 Å². The number of likely N-dealkylation sites (N-methyl/N-ethyl adjacent to an activating group) is 1. The fourth-order valence-electron chi connectivity index (χ4n) is 3.16. The van der Waals surface area contributed by atoms with Gasteiger partial charge >= 0.3 is 0 Å². The number of ether oxygens (including phenoxy) is 1. The Hall–Kier alpha value is -0.930. The molecule has 1 aliphatic carbocycles. The fraction of sp³-hybridized carbons (Fsp3) is 0.667. The zero-order chi connectivity index (χ0) is 12.8. The molecule has 1 aromatic rings. The predicted molar refractivity (Wildman–Crippen MR) is 73.6 cm³/mol. The molecule has 100 valence electrons. The molecule has 0 spiro atoms. The van der Waals surface area contributed by atoms with Crippen molar-refractivity contribution in [3.63, 3.8) is 0 Å². The van der Waals surface area contributed by atoms with Gasteiger partial charge in [-0.05, 0) is 50.9 Å². The minimum atomic E-state index is 0.0345. The number of nitrogens with one attached hydrogen (secondary N) is 1. The highest BCUT2D eigenvalue weighted by molar-refractivity contribution is 5.14. The van der Waals surface area contributed by atoms with Crippen molar-refractivity contribution in [2.45, 2.75) is 50.7 Å². The average Bonchev–Trinajstić information content (AvgIpc) is 2.87. The molecule has 1 saturated carbocycles. The molecule has 0 aromatic carbocycles. The largest absolute Gasteiger partial charge is 0.374 e. The normalized spacial score (nSPS) is 19.9. The molecule has 1 aliphatic rings. The van der Waals surface area contributed by atoms with E-state index in [1.807, 2.05) is 19.4 Å². The van der Waals surface area contributed by atoms with Gasteiger partial charge in [0.15, 0.2) is 0 Å². The second-order valence-corrected chi connectivity index (χ2v) is 5.11. The van der Waals surface area contributed by atoms with E-state index < -0.39 is 0 Å². The molecule has 1 aromatic heterocycles. The SMILES string of the molecule is CCOC1(C(Cc2ccncc2)NC)CCCC1. The van der Waals surface area contributed by atoms with Crippen LogP contribution in [0.2, 0.25) is 0 Å². The van der Waals surface area contributed by atoms with Crippen LogP contribution in [0.15, 0.2) is 24.5 Å². The number of aromatic nitrogens is 1. The molecular formula is C15H24N2O. The van der Waals surface area contributed by atoms with E-state index in [4.69, 9.17) is 4.74 Å². The van der Waals surface area contributed by atoms with Crippen molar-refractivity contribution in [2.24, 2.45) is 0 Å². The lowest BCUT2D eigenvalue weighted by molar-refractivity contribution is -0.0597. The maximum absolute atomic E-state index is 6.14. The third kappa shape index (κ3) is 2.90. The molecule has 2 rings (SSSR count). The van der Waals surface area contributed by atoms with Crippen LogP contribution >= 0.6 is 0 Å². The zero-order valence-electron chi connectivity index (χ0n) is 11.5. The molecule has 1 fully saturated rings. The third-order valence-corrected chi connectivity index (χ3v) is 4.05. The van der Waals surface area contributed by atoms with Gasteiger partial charge in [0.25, 0.3) is 0 Å². The number of rotatable bonds is 6. The van der Waals surface area contributed by atoms with Gasteiger partial charge in [-0.3, -0.25) is 4.98 Å². The molecule has 1 unspecified atom stereocenters. The predicted octanol–water partition coefficient (Wildman–Crippen LogP) is 2.56. The summed E-state index contributed by atoms with van der Waals surface area (Å²) in [6.45, 7) is 2.90. The van der Waals surface area contributed by atoms with Crippen LogP contribution in [0, 0.1) is 0 Å². The van der Waals surface area contributed by atoms with Crippen LogP contribution in [0.1, 0.15) is 38.2 Å². The minimum absolute atomic E-state index is 0.0345. The van der Waals surface area contributed by atoms with Crippen LogP contribution in [0.5, 0.6) is 0 Å². The summed E-state index contributed by atoms with van der Waals surface area (Å²) in [6, 6.07) is 4.58. The van der Waals surface area contributed by atoms with Crippen LogP contribution in [0.25, 0.3) is 0 Å². The Bertz CT molecular complexity index is 347. The highest BCUT2D eigenvalue weighted by atomic mass is 16.5. The Morgan fingerprint density at radius 1 is 1.33 bits per heavy atom. The summed E-state index contributed by atoms with van der Waals surface area (Å²) in [5.74, 6) is 0. The van der Waals surface area contributed by atoms with Gasteiger partial charge in [0.1, 0.15) is 0 Å². The topological polar surface area (TPSA) is 34.1 Å². The van der Waals surface area contributed by atoms with Gasteiger partial charge in [-0.1, -0.05) is 12.8 Å². The van der Waals surface area contributed by atoms with E-state index in [1.54, 1.807) is 0 Å². The summed E-state index contributed by atoms with van der Waals surface area (Å²) >= 11 is 0. The number of pyridine rings is 1. The molecule has 1 atom stereocenters. The van der Waals surface area contributed by atoms with E-state index in [-0.39, 0.29) is 5.60 Å². The smallest absolute Gasteiger partial charge is 0.0837 e. The van der Waals surface area contributed by atoms with E-state index in [9.17, 15) is 0 Å². The summed E-state index contributed by atoms with van der Waals surface area (Å²) in [5, 5.41) is 3.47. The van der Waals surface area contributed by atoms with Crippen molar-refractivity contribution in [3.8, 4) is 0 Å². The van der Waals surface area contributed by atoms with Crippen LogP contribution in [0.4, 0.5) is 0 Å². The van der Waals surface area contributed by atoms with Gasteiger partial charge in [-0.25, -0.2) is 0 Å². The first kappa shape index (κ1) is 13.5. The molecule has 0 saturated heterocycles. The molecule has 0 bridgehead atoms. The molecule has 1 N–H and O–H groups in total. The second kappa shape index (κ2) is 6.30. The molecule has 18 heavy (non-hydrogen) atoms. The molecule has 0 aliphatic heterocycles. The average molecular weight is 248 g/mol. The van der Waals surface area contributed by atoms with Crippen molar-refractivity contribution in [1.82, 2.24) is 10.3 Å². The van der Waals surface area contributed by atoms with E-state index in [0.29, 0.717) is 6.04 Å². The third-order valence-electron chi connectivity index (χ3n) is 4.05. The van der Waals surface area contributed by atoms with Crippen LogP contribution in [-0.4, -0.2) is 30.3 Å². The molecule has 0 amide bonds. The highest BCUT2D eigenvalue weighted by Crippen LogP contribution is 2.37. The first-order chi connectivity index (χ1) is 8.80. The van der Waals surface area contributed by atoms with Gasteiger partial charge in [-0.2, -0.15) is 0 Å². The molecule has 0 radical (unpaired) electrons. The summed E-state index contributed by atoms with van der Waals surface area (Å²) in [4.78, 5) is 4.08. The molecule has 1 heterocycles. The van der Waals surface area contributed by atoms with E-state index in [0.717, 1.165) is 13.0 Å². The minimum Gasteiger partial charge on any atom is -0.374 e. The Morgan fingerprint density at radius 3 is 2.56 bits per heavy atom. The summed E-state index contributed by atoms with van der Waals surface area (Å²) in [6.07, 6.45) is 9.67. The molecule has 3 nitrogen and oxygen atoms in total. The Balaban J connectivity index is 2.11. The van der Waals surface area contributed by atoms with Crippen molar-refractivity contribution in [2.75, 3.05) is 13.7 Å². The molecule has 3 heteroatoms. The first-order valence-electron chi connectivity index (χ1n) is 7.01.